The third-order valence-electron chi connectivity index (χ3n) is 4.15. The van der Waals surface area contributed by atoms with Crippen LogP contribution in [0.4, 0.5) is 0 Å². The molecule has 1 aliphatic rings. The van der Waals surface area contributed by atoms with Crippen LogP contribution in [0.15, 0.2) is 54.6 Å². The van der Waals surface area contributed by atoms with Crippen LogP contribution in [-0.2, 0) is 12.1 Å². The Labute approximate surface area is 114 Å². The molecule has 0 saturated heterocycles. The average Bonchev–Trinajstić information content (AvgIpc) is 2.92. The second kappa shape index (κ2) is 4.80. The highest BCUT2D eigenvalue weighted by Crippen LogP contribution is 2.41. The molecule has 0 amide bonds. The van der Waals surface area contributed by atoms with Gasteiger partial charge in [-0.3, -0.25) is 0 Å². The van der Waals surface area contributed by atoms with Crippen molar-refractivity contribution in [3.05, 3.63) is 71.3 Å². The summed E-state index contributed by atoms with van der Waals surface area (Å²) in [7, 11) is 0. The smallest absolute Gasteiger partial charge is 0.109 e. The molecular formula is C17H19NO. The maximum atomic E-state index is 11.2. The van der Waals surface area contributed by atoms with Crippen LogP contribution in [0.1, 0.15) is 36.1 Å². The van der Waals surface area contributed by atoms with Gasteiger partial charge in [-0.25, -0.2) is 0 Å². The number of benzene rings is 2. The van der Waals surface area contributed by atoms with Crippen LogP contribution in [0, 0.1) is 0 Å². The summed E-state index contributed by atoms with van der Waals surface area (Å²) in [6.45, 7) is 2.87. The topological polar surface area (TPSA) is 32.3 Å². The molecule has 0 saturated carbocycles. The fraction of sp³-hybridized carbons (Fsp3) is 0.294. The number of fused-ring (bicyclic) bond motifs is 1. The van der Waals surface area contributed by atoms with Crippen LogP contribution in [-0.4, -0.2) is 5.11 Å². The van der Waals surface area contributed by atoms with E-state index in [9.17, 15) is 5.11 Å². The predicted octanol–water partition coefficient (Wildman–Crippen LogP) is 3.13. The molecule has 2 heteroatoms. The first-order valence-corrected chi connectivity index (χ1v) is 6.85. The summed E-state index contributed by atoms with van der Waals surface area (Å²) >= 11 is 0. The van der Waals surface area contributed by atoms with Crippen molar-refractivity contribution in [1.82, 2.24) is 5.32 Å². The van der Waals surface area contributed by atoms with Crippen molar-refractivity contribution in [3.63, 3.8) is 0 Å². The molecule has 19 heavy (non-hydrogen) atoms. The highest BCUT2D eigenvalue weighted by molar-refractivity contribution is 5.38. The Bertz CT molecular complexity index is 566. The second-order valence-corrected chi connectivity index (χ2v) is 5.16. The summed E-state index contributed by atoms with van der Waals surface area (Å²) < 4.78 is 0. The van der Waals surface area contributed by atoms with Gasteiger partial charge in [0.05, 0.1) is 6.04 Å². The van der Waals surface area contributed by atoms with Gasteiger partial charge in [-0.15, -0.1) is 0 Å². The highest BCUT2D eigenvalue weighted by atomic mass is 16.3. The third-order valence-corrected chi connectivity index (χ3v) is 4.15. The van der Waals surface area contributed by atoms with Crippen LogP contribution < -0.4 is 5.32 Å². The average molecular weight is 253 g/mol. The van der Waals surface area contributed by atoms with E-state index in [-0.39, 0.29) is 6.04 Å². The Hall–Kier alpha value is -1.64. The number of hydrogen-bond donors (Lipinski definition) is 2. The highest BCUT2D eigenvalue weighted by Gasteiger charge is 2.40. The maximum absolute atomic E-state index is 11.2. The van der Waals surface area contributed by atoms with E-state index in [1.807, 2.05) is 43.3 Å². The third kappa shape index (κ3) is 1.97. The molecule has 0 bridgehead atoms. The molecule has 1 aliphatic heterocycles. The van der Waals surface area contributed by atoms with Gasteiger partial charge in [-0.05, 0) is 23.1 Å². The molecule has 2 nitrogen and oxygen atoms in total. The molecule has 0 aromatic heterocycles. The zero-order valence-electron chi connectivity index (χ0n) is 11.1. The minimum atomic E-state index is -0.853. The first-order valence-electron chi connectivity index (χ1n) is 6.85. The molecule has 0 fully saturated rings. The molecule has 3 rings (SSSR count). The van der Waals surface area contributed by atoms with Gasteiger partial charge in [0.1, 0.15) is 5.60 Å². The molecule has 2 aromatic carbocycles. The molecule has 2 unspecified atom stereocenters. The number of nitrogens with one attached hydrogen (secondary N) is 1. The quantitative estimate of drug-likeness (QED) is 0.881. The summed E-state index contributed by atoms with van der Waals surface area (Å²) in [5, 5.41) is 14.6. The van der Waals surface area contributed by atoms with Gasteiger partial charge in [-0.2, -0.15) is 0 Å². The van der Waals surface area contributed by atoms with E-state index >= 15 is 0 Å². The predicted molar refractivity (Wildman–Crippen MR) is 76.7 cm³/mol. The minimum absolute atomic E-state index is 0.0314. The van der Waals surface area contributed by atoms with Crippen molar-refractivity contribution in [2.45, 2.75) is 31.5 Å². The zero-order chi connectivity index (χ0) is 13.3. The fourth-order valence-corrected chi connectivity index (χ4v) is 3.03. The zero-order valence-corrected chi connectivity index (χ0v) is 11.1. The summed E-state index contributed by atoms with van der Waals surface area (Å²) in [5.74, 6) is 0. The van der Waals surface area contributed by atoms with Gasteiger partial charge in [0, 0.05) is 6.54 Å². The summed E-state index contributed by atoms with van der Waals surface area (Å²) in [5.41, 5.74) is 2.63. The fourth-order valence-electron chi connectivity index (χ4n) is 3.03. The van der Waals surface area contributed by atoms with Crippen LogP contribution in [0.3, 0.4) is 0 Å². The molecule has 0 spiro atoms. The van der Waals surface area contributed by atoms with Crippen molar-refractivity contribution in [2.75, 3.05) is 0 Å². The van der Waals surface area contributed by atoms with Crippen LogP contribution >= 0.6 is 0 Å². The lowest BCUT2D eigenvalue weighted by molar-refractivity contribution is -0.00525. The molecule has 0 aliphatic carbocycles. The van der Waals surface area contributed by atoms with Crippen LogP contribution in [0.2, 0.25) is 0 Å². The SMILES string of the molecule is CCC(O)(c1ccccc1)C1NCc2ccccc21. The molecule has 98 valence electrons. The van der Waals surface area contributed by atoms with E-state index in [4.69, 9.17) is 0 Å². The van der Waals surface area contributed by atoms with E-state index in [0.717, 1.165) is 12.1 Å². The summed E-state index contributed by atoms with van der Waals surface area (Å²) in [6.07, 6.45) is 0.684. The first kappa shape index (κ1) is 12.4. The van der Waals surface area contributed by atoms with Crippen molar-refractivity contribution < 1.29 is 5.11 Å². The number of aliphatic hydroxyl groups is 1. The van der Waals surface area contributed by atoms with Crippen molar-refractivity contribution in [3.8, 4) is 0 Å². The lowest BCUT2D eigenvalue weighted by Gasteiger charge is -2.34. The van der Waals surface area contributed by atoms with Gasteiger partial charge in [-0.1, -0.05) is 61.5 Å². The molecule has 2 aromatic rings. The summed E-state index contributed by atoms with van der Waals surface area (Å²) in [6, 6.07) is 18.3. The normalized spacial score (nSPS) is 20.8. The second-order valence-electron chi connectivity index (χ2n) is 5.16. The lowest BCUT2D eigenvalue weighted by Crippen LogP contribution is -2.38. The van der Waals surface area contributed by atoms with Crippen molar-refractivity contribution in [2.24, 2.45) is 0 Å². The van der Waals surface area contributed by atoms with Crippen LogP contribution in [0.5, 0.6) is 0 Å². The van der Waals surface area contributed by atoms with Gasteiger partial charge >= 0.3 is 0 Å². The monoisotopic (exact) mass is 253 g/mol. The Morgan fingerprint density at radius 2 is 1.79 bits per heavy atom. The van der Waals surface area contributed by atoms with E-state index in [1.165, 1.54) is 11.1 Å². The molecule has 1 heterocycles. The Morgan fingerprint density at radius 1 is 1.11 bits per heavy atom. The van der Waals surface area contributed by atoms with Crippen LogP contribution in [0.25, 0.3) is 0 Å². The lowest BCUT2D eigenvalue weighted by atomic mass is 9.81. The van der Waals surface area contributed by atoms with Gasteiger partial charge < -0.3 is 10.4 Å². The molecular weight excluding hydrogens is 234 g/mol. The van der Waals surface area contributed by atoms with Gasteiger partial charge in [0.2, 0.25) is 0 Å². The van der Waals surface area contributed by atoms with Crippen molar-refractivity contribution in [1.29, 1.82) is 0 Å². The van der Waals surface area contributed by atoms with Gasteiger partial charge in [0.15, 0.2) is 0 Å². The standard InChI is InChI=1S/C17H19NO/c1-2-17(19,14-9-4-3-5-10-14)16-15-11-7-6-8-13(15)12-18-16/h3-11,16,18-19H,2,12H2,1H3. The maximum Gasteiger partial charge on any atom is 0.109 e. The van der Waals surface area contributed by atoms with E-state index in [1.54, 1.807) is 0 Å². The minimum Gasteiger partial charge on any atom is -0.383 e. The number of rotatable bonds is 3. The Morgan fingerprint density at radius 3 is 2.53 bits per heavy atom. The first-order chi connectivity index (χ1) is 9.25. The van der Waals surface area contributed by atoms with Gasteiger partial charge in [0.25, 0.3) is 0 Å². The largest absolute Gasteiger partial charge is 0.383 e. The Balaban J connectivity index is 2.05. The Kier molecular flexibility index (Phi) is 3.13. The number of hydrogen-bond acceptors (Lipinski definition) is 2. The molecule has 2 atom stereocenters. The summed E-state index contributed by atoms with van der Waals surface area (Å²) in [4.78, 5) is 0. The van der Waals surface area contributed by atoms with E-state index in [0.29, 0.717) is 6.42 Å². The molecule has 2 N–H and O–H groups in total. The molecule has 0 radical (unpaired) electrons. The van der Waals surface area contributed by atoms with Crippen molar-refractivity contribution >= 4 is 0 Å². The van der Waals surface area contributed by atoms with E-state index in [2.05, 4.69) is 23.5 Å². The van der Waals surface area contributed by atoms with E-state index < -0.39 is 5.60 Å².